The summed E-state index contributed by atoms with van der Waals surface area (Å²) >= 11 is 0. The first-order valence-corrected chi connectivity index (χ1v) is 5.16. The van der Waals surface area contributed by atoms with Gasteiger partial charge in [0.25, 0.3) is 0 Å². The zero-order valence-electron chi connectivity index (χ0n) is 9.04. The zero-order chi connectivity index (χ0) is 10.8. The molecule has 0 bridgehead atoms. The molecule has 3 nitrogen and oxygen atoms in total. The maximum absolute atomic E-state index is 11.5. The molecule has 1 fully saturated rings. The minimum absolute atomic E-state index is 0.138. The third-order valence-electron chi connectivity index (χ3n) is 2.61. The molecule has 1 aromatic rings. The van der Waals surface area contributed by atoms with Gasteiger partial charge in [0.2, 0.25) is 5.91 Å². The summed E-state index contributed by atoms with van der Waals surface area (Å²) in [5.41, 5.74) is 1.89. The van der Waals surface area contributed by atoms with Gasteiger partial charge in [-0.15, -0.1) is 0 Å². The number of hydrogen-bond acceptors (Lipinski definition) is 2. The van der Waals surface area contributed by atoms with Gasteiger partial charge in [0.05, 0.1) is 7.11 Å². The average Bonchev–Trinajstić information content (AvgIpc) is 3.01. The van der Waals surface area contributed by atoms with Crippen molar-refractivity contribution in [2.75, 3.05) is 12.4 Å². The van der Waals surface area contributed by atoms with Crippen molar-refractivity contribution in [1.29, 1.82) is 0 Å². The van der Waals surface area contributed by atoms with E-state index in [9.17, 15) is 4.79 Å². The van der Waals surface area contributed by atoms with Crippen LogP contribution in [0.2, 0.25) is 0 Å². The van der Waals surface area contributed by atoms with Crippen LogP contribution in [-0.4, -0.2) is 13.0 Å². The number of nitrogens with one attached hydrogen (secondary N) is 1. The highest BCUT2D eigenvalue weighted by Gasteiger charge is 2.29. The molecular formula is C12H15NO2. The van der Waals surface area contributed by atoms with Gasteiger partial charge in [0.15, 0.2) is 0 Å². The predicted octanol–water partition coefficient (Wildman–Crippen LogP) is 2.35. The lowest BCUT2D eigenvalue weighted by Crippen LogP contribution is -2.13. The fraction of sp³-hybridized carbons (Fsp3) is 0.417. The maximum Gasteiger partial charge on any atom is 0.227 e. The van der Waals surface area contributed by atoms with E-state index in [4.69, 9.17) is 4.74 Å². The Morgan fingerprint density at radius 2 is 2.20 bits per heavy atom. The molecule has 1 saturated carbocycles. The van der Waals surface area contributed by atoms with Crippen LogP contribution in [0, 0.1) is 12.8 Å². The summed E-state index contributed by atoms with van der Waals surface area (Å²) in [5, 5.41) is 2.90. The van der Waals surface area contributed by atoms with Crippen molar-refractivity contribution in [1.82, 2.24) is 0 Å². The van der Waals surface area contributed by atoms with Gasteiger partial charge in [-0.3, -0.25) is 4.79 Å². The molecule has 1 amide bonds. The van der Waals surface area contributed by atoms with Crippen LogP contribution in [0.15, 0.2) is 18.2 Å². The van der Waals surface area contributed by atoms with Crippen LogP contribution < -0.4 is 10.1 Å². The van der Waals surface area contributed by atoms with Crippen molar-refractivity contribution in [3.63, 3.8) is 0 Å². The quantitative estimate of drug-likeness (QED) is 0.822. The highest BCUT2D eigenvalue weighted by atomic mass is 16.5. The van der Waals surface area contributed by atoms with Crippen LogP contribution in [-0.2, 0) is 4.79 Å². The maximum atomic E-state index is 11.5. The Morgan fingerprint density at radius 1 is 1.47 bits per heavy atom. The molecule has 1 aromatic carbocycles. The highest BCUT2D eigenvalue weighted by Crippen LogP contribution is 2.30. The van der Waals surface area contributed by atoms with Crippen LogP contribution in [0.1, 0.15) is 18.4 Å². The molecule has 0 heterocycles. The lowest BCUT2D eigenvalue weighted by Gasteiger charge is -2.08. The molecule has 0 saturated heterocycles. The average molecular weight is 205 g/mol. The lowest BCUT2D eigenvalue weighted by atomic mass is 10.2. The van der Waals surface area contributed by atoms with Gasteiger partial charge in [-0.2, -0.15) is 0 Å². The molecule has 0 radical (unpaired) electrons. The summed E-state index contributed by atoms with van der Waals surface area (Å²) in [6, 6.07) is 5.67. The molecule has 0 aliphatic heterocycles. The Labute approximate surface area is 89.4 Å². The molecule has 3 heteroatoms. The Kier molecular flexibility index (Phi) is 2.62. The minimum atomic E-state index is 0.138. The first-order valence-electron chi connectivity index (χ1n) is 5.16. The smallest absolute Gasteiger partial charge is 0.227 e. The molecule has 1 aliphatic rings. The number of benzene rings is 1. The van der Waals surface area contributed by atoms with E-state index >= 15 is 0 Å². The topological polar surface area (TPSA) is 38.3 Å². The summed E-state index contributed by atoms with van der Waals surface area (Å²) < 4.78 is 5.15. The molecule has 0 spiro atoms. The van der Waals surface area contributed by atoms with Crippen molar-refractivity contribution in [3.8, 4) is 5.75 Å². The second-order valence-corrected chi connectivity index (χ2v) is 3.95. The SMILES string of the molecule is COc1ccc(NC(=O)C2CC2)cc1C. The number of aryl methyl sites for hydroxylation is 1. The van der Waals surface area contributed by atoms with Crippen LogP contribution >= 0.6 is 0 Å². The standard InChI is InChI=1S/C12H15NO2/c1-8-7-10(5-6-11(8)15-2)13-12(14)9-3-4-9/h5-7,9H,3-4H2,1-2H3,(H,13,14). The number of ether oxygens (including phenoxy) is 1. The van der Waals surface area contributed by atoms with Gasteiger partial charge >= 0.3 is 0 Å². The van der Waals surface area contributed by atoms with Gasteiger partial charge in [-0.05, 0) is 43.5 Å². The highest BCUT2D eigenvalue weighted by molar-refractivity contribution is 5.94. The molecule has 0 atom stereocenters. The Morgan fingerprint density at radius 3 is 2.73 bits per heavy atom. The van der Waals surface area contributed by atoms with Crippen molar-refractivity contribution in [2.24, 2.45) is 5.92 Å². The molecular weight excluding hydrogens is 190 g/mol. The van der Waals surface area contributed by atoms with Gasteiger partial charge in [0, 0.05) is 11.6 Å². The van der Waals surface area contributed by atoms with Crippen LogP contribution in [0.25, 0.3) is 0 Å². The van der Waals surface area contributed by atoms with Crippen molar-refractivity contribution < 1.29 is 9.53 Å². The van der Waals surface area contributed by atoms with Crippen molar-refractivity contribution in [3.05, 3.63) is 23.8 Å². The summed E-state index contributed by atoms with van der Waals surface area (Å²) in [6.45, 7) is 1.96. The van der Waals surface area contributed by atoms with E-state index in [1.165, 1.54) is 0 Å². The third kappa shape index (κ3) is 2.29. The van der Waals surface area contributed by atoms with Gasteiger partial charge in [0.1, 0.15) is 5.75 Å². The zero-order valence-corrected chi connectivity index (χ0v) is 9.04. The number of methoxy groups -OCH3 is 1. The van der Waals surface area contributed by atoms with E-state index in [0.29, 0.717) is 0 Å². The molecule has 1 aliphatic carbocycles. The van der Waals surface area contributed by atoms with E-state index in [-0.39, 0.29) is 11.8 Å². The monoisotopic (exact) mass is 205 g/mol. The molecule has 0 unspecified atom stereocenters. The molecule has 80 valence electrons. The van der Waals surface area contributed by atoms with Crippen LogP contribution in [0.4, 0.5) is 5.69 Å². The first kappa shape index (κ1) is 10.0. The molecule has 15 heavy (non-hydrogen) atoms. The number of rotatable bonds is 3. The molecule has 1 N–H and O–H groups in total. The fourth-order valence-corrected chi connectivity index (χ4v) is 1.55. The lowest BCUT2D eigenvalue weighted by molar-refractivity contribution is -0.117. The summed E-state index contributed by atoms with van der Waals surface area (Å²) in [6.07, 6.45) is 2.06. The van der Waals surface area contributed by atoms with Gasteiger partial charge < -0.3 is 10.1 Å². The first-order chi connectivity index (χ1) is 7.20. The predicted molar refractivity (Wildman–Crippen MR) is 59.1 cm³/mol. The largest absolute Gasteiger partial charge is 0.496 e. The van der Waals surface area contributed by atoms with E-state index in [1.807, 2.05) is 25.1 Å². The van der Waals surface area contributed by atoms with Gasteiger partial charge in [-0.25, -0.2) is 0 Å². The second kappa shape index (κ2) is 3.93. The van der Waals surface area contributed by atoms with Crippen LogP contribution in [0.3, 0.4) is 0 Å². The van der Waals surface area contributed by atoms with Crippen molar-refractivity contribution >= 4 is 11.6 Å². The summed E-state index contributed by atoms with van der Waals surface area (Å²) in [4.78, 5) is 11.5. The van der Waals surface area contributed by atoms with Gasteiger partial charge in [-0.1, -0.05) is 0 Å². The third-order valence-corrected chi connectivity index (χ3v) is 2.61. The van der Waals surface area contributed by atoms with E-state index in [1.54, 1.807) is 7.11 Å². The Bertz CT molecular complexity index is 383. The number of carbonyl (C=O) groups is 1. The molecule has 0 aromatic heterocycles. The summed E-state index contributed by atoms with van der Waals surface area (Å²) in [7, 11) is 1.64. The second-order valence-electron chi connectivity index (χ2n) is 3.95. The number of amides is 1. The number of carbonyl (C=O) groups excluding carboxylic acids is 1. The summed E-state index contributed by atoms with van der Waals surface area (Å²) in [5.74, 6) is 1.23. The van der Waals surface area contributed by atoms with E-state index in [0.717, 1.165) is 29.8 Å². The minimum Gasteiger partial charge on any atom is -0.496 e. The number of hydrogen-bond donors (Lipinski definition) is 1. The number of anilines is 1. The van der Waals surface area contributed by atoms with E-state index in [2.05, 4.69) is 5.32 Å². The normalized spacial score (nSPS) is 14.8. The van der Waals surface area contributed by atoms with Crippen molar-refractivity contribution in [2.45, 2.75) is 19.8 Å². The van der Waals surface area contributed by atoms with E-state index < -0.39 is 0 Å². The van der Waals surface area contributed by atoms with Crippen LogP contribution in [0.5, 0.6) is 5.75 Å². The Balaban J connectivity index is 2.08. The Hall–Kier alpha value is -1.51. The molecule has 2 rings (SSSR count). The fourth-order valence-electron chi connectivity index (χ4n) is 1.55.